The number of halogens is 2. The first-order chi connectivity index (χ1) is 17.2. The van der Waals surface area contributed by atoms with Crippen molar-refractivity contribution in [1.29, 1.82) is 0 Å². The van der Waals surface area contributed by atoms with Crippen molar-refractivity contribution in [3.8, 4) is 0 Å². The Morgan fingerprint density at radius 3 is 2.50 bits per heavy atom. The molecule has 2 heterocycles. The Morgan fingerprint density at radius 1 is 0.972 bits per heavy atom. The number of hydrogen-bond acceptors (Lipinski definition) is 3. The highest BCUT2D eigenvalue weighted by atomic mass is 35.5. The minimum atomic E-state index is -0.521. The lowest BCUT2D eigenvalue weighted by atomic mass is 10.0. The number of anilines is 1. The number of thiocarbonyl (C=S) groups is 1. The highest BCUT2D eigenvalue weighted by Gasteiger charge is 2.35. The summed E-state index contributed by atoms with van der Waals surface area (Å²) >= 11 is 17.7. The molecule has 4 aromatic rings. The molecular weight excluding hydrogens is 513 g/mol. The first-order valence-corrected chi connectivity index (χ1v) is 12.4. The smallest absolute Gasteiger partial charge is 0.270 e. The SMILES string of the molecule is Cc1ccc(N2C(=O)/C(=C/c3cn(Cc4ccc(Cl)c(Cl)c4)c4ccccc34)C(=O)NC2=S)c(C)c1. The topological polar surface area (TPSA) is 54.3 Å². The van der Waals surface area contributed by atoms with Gasteiger partial charge >= 0.3 is 0 Å². The largest absolute Gasteiger partial charge is 0.342 e. The molecule has 0 bridgehead atoms. The molecule has 1 fully saturated rings. The monoisotopic (exact) mass is 533 g/mol. The first-order valence-electron chi connectivity index (χ1n) is 11.2. The van der Waals surface area contributed by atoms with Crippen LogP contribution in [0.25, 0.3) is 17.0 Å². The summed E-state index contributed by atoms with van der Waals surface area (Å²) in [6, 6.07) is 19.1. The molecule has 0 unspecified atom stereocenters. The van der Waals surface area contributed by atoms with Crippen molar-refractivity contribution in [2.45, 2.75) is 20.4 Å². The quantitative estimate of drug-likeness (QED) is 0.186. The van der Waals surface area contributed by atoms with Crippen LogP contribution in [-0.4, -0.2) is 21.5 Å². The number of para-hydroxylation sites is 1. The molecule has 0 saturated carbocycles. The highest BCUT2D eigenvalue weighted by Crippen LogP contribution is 2.30. The zero-order valence-electron chi connectivity index (χ0n) is 19.5. The first kappa shape index (κ1) is 24.3. The van der Waals surface area contributed by atoms with Gasteiger partial charge in [-0.15, -0.1) is 0 Å². The Bertz CT molecular complexity index is 1610. The standard InChI is InChI=1S/C28H21Cl2N3O2S/c1-16-7-10-24(17(2)11-16)33-27(35)21(26(34)31-28(33)36)13-19-15-32(25-6-4-3-5-20(19)25)14-18-8-9-22(29)23(30)12-18/h3-13,15H,14H2,1-2H3,(H,31,34,36)/b21-13+. The van der Waals surface area contributed by atoms with Crippen LogP contribution in [0.2, 0.25) is 10.0 Å². The molecule has 3 aromatic carbocycles. The van der Waals surface area contributed by atoms with E-state index < -0.39 is 11.8 Å². The molecule has 0 atom stereocenters. The fraction of sp³-hybridized carbons (Fsp3) is 0.107. The number of nitrogens with zero attached hydrogens (tertiary/aromatic N) is 2. The maximum Gasteiger partial charge on any atom is 0.270 e. The number of carbonyl (C=O) groups excluding carboxylic acids is 2. The Balaban J connectivity index is 1.57. The van der Waals surface area contributed by atoms with E-state index in [-0.39, 0.29) is 10.7 Å². The number of aryl methyl sites for hydroxylation is 2. The average molecular weight is 534 g/mol. The average Bonchev–Trinajstić information content (AvgIpc) is 3.17. The molecule has 1 N–H and O–H groups in total. The van der Waals surface area contributed by atoms with E-state index in [0.29, 0.717) is 22.3 Å². The second-order valence-corrected chi connectivity index (χ2v) is 9.93. The van der Waals surface area contributed by atoms with Crippen molar-refractivity contribution in [2.75, 3.05) is 4.90 Å². The van der Waals surface area contributed by atoms with Gasteiger partial charge in [-0.2, -0.15) is 0 Å². The van der Waals surface area contributed by atoms with Gasteiger partial charge in [0.25, 0.3) is 11.8 Å². The number of aromatic nitrogens is 1. The molecule has 36 heavy (non-hydrogen) atoms. The van der Waals surface area contributed by atoms with Gasteiger partial charge in [0, 0.05) is 29.2 Å². The second-order valence-electron chi connectivity index (χ2n) is 8.73. The van der Waals surface area contributed by atoms with E-state index in [1.165, 1.54) is 4.90 Å². The summed E-state index contributed by atoms with van der Waals surface area (Å²) in [4.78, 5) is 27.8. The fourth-order valence-corrected chi connectivity index (χ4v) is 5.04. The summed E-state index contributed by atoms with van der Waals surface area (Å²) in [5, 5.41) is 4.63. The van der Waals surface area contributed by atoms with Gasteiger partial charge in [0.15, 0.2) is 5.11 Å². The highest BCUT2D eigenvalue weighted by molar-refractivity contribution is 7.80. The molecule has 0 aliphatic carbocycles. The molecular formula is C28H21Cl2N3O2S. The number of amides is 2. The Morgan fingerprint density at radius 2 is 1.75 bits per heavy atom. The number of benzene rings is 3. The van der Waals surface area contributed by atoms with Crippen molar-refractivity contribution < 1.29 is 9.59 Å². The van der Waals surface area contributed by atoms with Crippen molar-refractivity contribution in [1.82, 2.24) is 9.88 Å². The van der Waals surface area contributed by atoms with Crippen LogP contribution in [0.4, 0.5) is 5.69 Å². The van der Waals surface area contributed by atoms with E-state index in [4.69, 9.17) is 35.4 Å². The van der Waals surface area contributed by atoms with Crippen LogP contribution < -0.4 is 10.2 Å². The number of fused-ring (bicyclic) bond motifs is 1. The fourth-order valence-electron chi connectivity index (χ4n) is 4.44. The minimum Gasteiger partial charge on any atom is -0.342 e. The number of carbonyl (C=O) groups is 2. The minimum absolute atomic E-state index is 0.0148. The molecule has 1 aliphatic rings. The van der Waals surface area contributed by atoms with E-state index in [2.05, 4.69) is 9.88 Å². The molecule has 8 heteroatoms. The molecule has 1 saturated heterocycles. The van der Waals surface area contributed by atoms with Gasteiger partial charge < -0.3 is 4.57 Å². The van der Waals surface area contributed by atoms with Crippen molar-refractivity contribution in [2.24, 2.45) is 0 Å². The van der Waals surface area contributed by atoms with Gasteiger partial charge in [-0.25, -0.2) is 0 Å². The third kappa shape index (κ3) is 4.44. The summed E-state index contributed by atoms with van der Waals surface area (Å²) in [6.07, 6.45) is 3.55. The zero-order valence-corrected chi connectivity index (χ0v) is 21.8. The molecule has 0 radical (unpaired) electrons. The van der Waals surface area contributed by atoms with Crippen LogP contribution in [-0.2, 0) is 16.1 Å². The van der Waals surface area contributed by atoms with Gasteiger partial charge in [0.1, 0.15) is 5.57 Å². The summed E-state index contributed by atoms with van der Waals surface area (Å²) in [7, 11) is 0. The van der Waals surface area contributed by atoms with Gasteiger partial charge in [0.05, 0.1) is 15.7 Å². The second kappa shape index (κ2) is 9.54. The van der Waals surface area contributed by atoms with Gasteiger partial charge in [0.2, 0.25) is 0 Å². The lowest BCUT2D eigenvalue weighted by Gasteiger charge is -2.30. The van der Waals surface area contributed by atoms with Crippen LogP contribution >= 0.6 is 35.4 Å². The van der Waals surface area contributed by atoms with E-state index in [1.807, 2.05) is 74.6 Å². The van der Waals surface area contributed by atoms with Crippen molar-refractivity contribution >= 4 is 75.0 Å². The summed E-state index contributed by atoms with van der Waals surface area (Å²) in [6.45, 7) is 4.43. The molecule has 2 amide bonds. The Kier molecular flexibility index (Phi) is 6.43. The van der Waals surface area contributed by atoms with E-state index in [0.717, 1.165) is 33.2 Å². The lowest BCUT2D eigenvalue weighted by molar-refractivity contribution is -0.122. The predicted octanol–water partition coefficient (Wildman–Crippen LogP) is 6.44. The predicted molar refractivity (Wildman–Crippen MR) is 150 cm³/mol. The van der Waals surface area contributed by atoms with Crippen LogP contribution in [0.1, 0.15) is 22.3 Å². The van der Waals surface area contributed by atoms with Crippen LogP contribution in [0.15, 0.2) is 72.4 Å². The molecule has 5 rings (SSSR count). The van der Waals surface area contributed by atoms with Crippen LogP contribution in [0.3, 0.4) is 0 Å². The third-order valence-corrected chi connectivity index (χ3v) is 7.17. The Hall–Kier alpha value is -3.45. The van der Waals surface area contributed by atoms with Gasteiger partial charge in [-0.05, 0) is 67.5 Å². The van der Waals surface area contributed by atoms with Crippen LogP contribution in [0.5, 0.6) is 0 Å². The number of hydrogen-bond donors (Lipinski definition) is 1. The Labute approximate surface area is 223 Å². The molecule has 1 aliphatic heterocycles. The lowest BCUT2D eigenvalue weighted by Crippen LogP contribution is -2.54. The zero-order chi connectivity index (χ0) is 25.6. The van der Waals surface area contributed by atoms with Crippen molar-refractivity contribution in [3.05, 3.63) is 105 Å². The number of rotatable bonds is 4. The molecule has 180 valence electrons. The van der Waals surface area contributed by atoms with E-state index >= 15 is 0 Å². The van der Waals surface area contributed by atoms with Crippen LogP contribution in [0, 0.1) is 13.8 Å². The van der Waals surface area contributed by atoms with Crippen molar-refractivity contribution in [3.63, 3.8) is 0 Å². The van der Waals surface area contributed by atoms with Gasteiger partial charge in [-0.1, -0.05) is 65.2 Å². The molecule has 0 spiro atoms. The van der Waals surface area contributed by atoms with Gasteiger partial charge in [-0.3, -0.25) is 19.8 Å². The van der Waals surface area contributed by atoms with E-state index in [1.54, 1.807) is 12.1 Å². The summed E-state index contributed by atoms with van der Waals surface area (Å²) < 4.78 is 2.05. The molecule has 5 nitrogen and oxygen atoms in total. The maximum atomic E-state index is 13.6. The normalized spacial score (nSPS) is 15.2. The summed E-state index contributed by atoms with van der Waals surface area (Å²) in [5.74, 6) is -0.982. The van der Waals surface area contributed by atoms with E-state index in [9.17, 15) is 9.59 Å². The maximum absolute atomic E-state index is 13.6. The molecule has 1 aromatic heterocycles. The summed E-state index contributed by atoms with van der Waals surface area (Å²) in [5.41, 5.74) is 5.30. The third-order valence-electron chi connectivity index (χ3n) is 6.15. The number of nitrogens with one attached hydrogen (secondary N) is 1.